The van der Waals surface area contributed by atoms with Crippen LogP contribution in [0, 0.1) is 23.7 Å². The van der Waals surface area contributed by atoms with Gasteiger partial charge in [0, 0.05) is 38.4 Å². The molecule has 69 heavy (non-hydrogen) atoms. The second-order valence-electron chi connectivity index (χ2n) is 20.2. The zero-order valence-corrected chi connectivity index (χ0v) is 43.1. The minimum atomic E-state index is -1.99. The third-order valence-corrected chi connectivity index (χ3v) is 15.1. The van der Waals surface area contributed by atoms with Crippen molar-refractivity contribution >= 4 is 23.7 Å². The molecule has 3 aliphatic rings. The maximum Gasteiger partial charge on any atom is 0.338 e. The summed E-state index contributed by atoms with van der Waals surface area (Å²) in [5.41, 5.74) is -3.80. The molecule has 9 unspecified atom stereocenters. The summed E-state index contributed by atoms with van der Waals surface area (Å²) in [5, 5.41) is 24.1. The summed E-state index contributed by atoms with van der Waals surface area (Å²) in [6.45, 7) is 17.5. The normalized spacial score (nSPS) is 39.5. The minimum Gasteiger partial charge on any atom is -0.459 e. The molecule has 16 heteroatoms. The molecule has 3 fully saturated rings. The van der Waals surface area contributed by atoms with Gasteiger partial charge in [-0.25, -0.2) is 9.59 Å². The van der Waals surface area contributed by atoms with Gasteiger partial charge in [0.1, 0.15) is 23.1 Å². The number of esters is 3. The minimum absolute atomic E-state index is 0.0223. The van der Waals surface area contributed by atoms with Crippen LogP contribution in [0.4, 0.5) is 0 Å². The molecule has 0 saturated carbocycles. The Labute approximate surface area is 408 Å². The van der Waals surface area contributed by atoms with Crippen LogP contribution in [0.5, 0.6) is 0 Å². The third kappa shape index (κ3) is 12.4. The summed E-state index contributed by atoms with van der Waals surface area (Å²) in [4.78, 5) is 58.4. The van der Waals surface area contributed by atoms with Crippen LogP contribution in [0.15, 0.2) is 60.7 Å². The Bertz CT molecular complexity index is 2010. The Morgan fingerprint density at radius 2 is 1.30 bits per heavy atom. The average Bonchev–Trinajstić information content (AvgIpc) is 3.34. The Balaban J connectivity index is 1.64. The van der Waals surface area contributed by atoms with Gasteiger partial charge < -0.3 is 57.7 Å². The smallest absolute Gasteiger partial charge is 0.338 e. The monoisotopic (exact) mass is 970 g/mol. The molecule has 0 aromatic heterocycles. The highest BCUT2D eigenvalue weighted by atomic mass is 16.7. The van der Waals surface area contributed by atoms with Crippen molar-refractivity contribution in [1.82, 2.24) is 4.90 Å². The van der Waals surface area contributed by atoms with E-state index in [1.54, 1.807) is 116 Å². The summed E-state index contributed by atoms with van der Waals surface area (Å²) in [7, 11) is 6.80. The van der Waals surface area contributed by atoms with Gasteiger partial charge in [-0.2, -0.15) is 0 Å². The average molecular weight is 970 g/mol. The van der Waals surface area contributed by atoms with Crippen LogP contribution < -0.4 is 0 Å². The number of hydrogen-bond acceptors (Lipinski definition) is 16. The van der Waals surface area contributed by atoms with Crippen LogP contribution in [0.1, 0.15) is 122 Å². The van der Waals surface area contributed by atoms with Crippen LogP contribution in [0.2, 0.25) is 0 Å². The van der Waals surface area contributed by atoms with Gasteiger partial charge in [-0.05, 0) is 98.7 Å². The molecule has 386 valence electrons. The van der Waals surface area contributed by atoms with E-state index in [0.29, 0.717) is 17.5 Å². The number of aliphatic hydroxyl groups is 2. The molecule has 0 bridgehead atoms. The van der Waals surface area contributed by atoms with Crippen molar-refractivity contribution in [2.45, 2.75) is 186 Å². The zero-order valence-electron chi connectivity index (χ0n) is 43.1. The first-order valence-electron chi connectivity index (χ1n) is 24.5. The van der Waals surface area contributed by atoms with Crippen molar-refractivity contribution in [2.75, 3.05) is 28.3 Å². The summed E-state index contributed by atoms with van der Waals surface area (Å²) in [6, 6.07) is 16.9. The van der Waals surface area contributed by atoms with E-state index in [2.05, 4.69) is 0 Å². The maximum atomic E-state index is 14.8. The number of likely N-dealkylation sites (N-methyl/N-ethyl adjacent to an activating group) is 1. The fourth-order valence-corrected chi connectivity index (χ4v) is 10.7. The number of Topliss-reactive ketones (excluding diaryl/α,β-unsaturated/α-hetero) is 1. The standard InChI is InChI=1S/C53H79NO15/c1-15-39-53(60,16-2)44(56)32(5)41(55)30(3)28-51(9,61-13)45(69-50-43(38(54(11)12)27-31(4)63-50)67-48(58)36-23-19-17-20-24-36)33(6)42(34(7)47(57)65-39)66-40-29-52(10,62-14)46(35(8)64-40)68-49(59)37-25-21-18-22-26-37/h17-26,30-35,38-40,42-46,50,56,60H,15-16,27-29H2,1-14H3/t30-,31?,32+,33?,34?,35?,38?,39?,40+,42?,43?,44-,45-,46+,50?,51+,52-,53-/m1/s1. The summed E-state index contributed by atoms with van der Waals surface area (Å²) < 4.78 is 58.5. The molecular formula is C53H79NO15. The Kier molecular flexibility index (Phi) is 19.2. The van der Waals surface area contributed by atoms with Crippen LogP contribution in [0.3, 0.4) is 0 Å². The van der Waals surface area contributed by atoms with Gasteiger partial charge in [-0.3, -0.25) is 9.59 Å². The van der Waals surface area contributed by atoms with Crippen molar-refractivity contribution in [2.24, 2.45) is 23.7 Å². The number of methoxy groups -OCH3 is 2. The lowest BCUT2D eigenvalue weighted by Crippen LogP contribution is -2.62. The summed E-state index contributed by atoms with van der Waals surface area (Å²) in [5.74, 6) is -6.01. The van der Waals surface area contributed by atoms with Crippen LogP contribution in [0.25, 0.3) is 0 Å². The molecule has 2 aromatic carbocycles. The van der Waals surface area contributed by atoms with E-state index < -0.39 is 114 Å². The lowest BCUT2D eigenvalue weighted by Gasteiger charge is -2.50. The van der Waals surface area contributed by atoms with E-state index in [1.165, 1.54) is 14.2 Å². The van der Waals surface area contributed by atoms with E-state index in [9.17, 15) is 29.4 Å². The van der Waals surface area contributed by atoms with Crippen molar-refractivity contribution in [3.8, 4) is 0 Å². The van der Waals surface area contributed by atoms with Crippen LogP contribution in [-0.2, 0) is 52.2 Å². The summed E-state index contributed by atoms with van der Waals surface area (Å²) >= 11 is 0. The molecule has 0 radical (unpaired) electrons. The molecule has 0 aliphatic carbocycles. The highest BCUT2D eigenvalue weighted by molar-refractivity contribution is 5.90. The molecule has 18 atom stereocenters. The van der Waals surface area contributed by atoms with Crippen LogP contribution in [-0.4, -0.2) is 151 Å². The largest absolute Gasteiger partial charge is 0.459 e. The molecule has 5 rings (SSSR count). The van der Waals surface area contributed by atoms with E-state index >= 15 is 0 Å². The Hall–Kier alpha value is -3.84. The van der Waals surface area contributed by atoms with Gasteiger partial charge in [0.2, 0.25) is 0 Å². The van der Waals surface area contributed by atoms with E-state index in [-0.39, 0.29) is 43.6 Å². The number of ether oxygens (including phenoxy) is 9. The molecule has 0 amide bonds. The summed E-state index contributed by atoms with van der Waals surface area (Å²) in [6.07, 6.45) is -9.57. The quantitative estimate of drug-likeness (QED) is 0.162. The van der Waals surface area contributed by atoms with Crippen molar-refractivity contribution < 1.29 is 72.0 Å². The number of carbonyl (C=O) groups is 4. The molecule has 3 heterocycles. The van der Waals surface area contributed by atoms with E-state index in [0.717, 1.165) is 0 Å². The van der Waals surface area contributed by atoms with E-state index in [4.69, 9.17) is 42.6 Å². The lowest BCUT2D eigenvalue weighted by atomic mass is 9.73. The number of aliphatic hydroxyl groups excluding tert-OH is 1. The predicted octanol–water partition coefficient (Wildman–Crippen LogP) is 6.56. The molecule has 16 nitrogen and oxygen atoms in total. The molecule has 3 saturated heterocycles. The van der Waals surface area contributed by atoms with Crippen molar-refractivity contribution in [3.63, 3.8) is 0 Å². The second-order valence-corrected chi connectivity index (χ2v) is 20.2. The number of ketones is 1. The molecule has 3 aliphatic heterocycles. The topological polar surface area (TPSA) is 195 Å². The van der Waals surface area contributed by atoms with Gasteiger partial charge in [-0.1, -0.05) is 71.0 Å². The predicted molar refractivity (Wildman–Crippen MR) is 255 cm³/mol. The first-order valence-corrected chi connectivity index (χ1v) is 24.5. The number of benzene rings is 2. The van der Waals surface area contributed by atoms with Crippen LogP contribution >= 0.6 is 0 Å². The highest BCUT2D eigenvalue weighted by Gasteiger charge is 2.56. The van der Waals surface area contributed by atoms with Gasteiger partial charge in [0.05, 0.1) is 59.2 Å². The Morgan fingerprint density at radius 1 is 0.754 bits per heavy atom. The zero-order chi connectivity index (χ0) is 51.2. The van der Waals surface area contributed by atoms with Gasteiger partial charge in [0.15, 0.2) is 24.8 Å². The molecule has 2 N–H and O–H groups in total. The van der Waals surface area contributed by atoms with Gasteiger partial charge in [0.25, 0.3) is 0 Å². The van der Waals surface area contributed by atoms with E-state index in [1.807, 2.05) is 32.8 Å². The first-order chi connectivity index (χ1) is 32.5. The number of rotatable bonds is 13. The molecule has 0 spiro atoms. The number of nitrogens with zero attached hydrogens (tertiary/aromatic N) is 1. The second kappa shape index (κ2) is 23.6. The number of cyclic esters (lactones) is 1. The highest BCUT2D eigenvalue weighted by Crippen LogP contribution is 2.43. The van der Waals surface area contributed by atoms with Gasteiger partial charge >= 0.3 is 17.9 Å². The Morgan fingerprint density at radius 3 is 1.83 bits per heavy atom. The maximum absolute atomic E-state index is 14.8. The first kappa shape index (κ1) is 56.1. The van der Waals surface area contributed by atoms with Crippen molar-refractivity contribution in [3.05, 3.63) is 71.8 Å². The molecule has 2 aromatic rings. The van der Waals surface area contributed by atoms with Crippen molar-refractivity contribution in [1.29, 1.82) is 0 Å². The number of hydrogen-bond donors (Lipinski definition) is 2. The third-order valence-electron chi connectivity index (χ3n) is 15.1. The number of carbonyl (C=O) groups excluding carboxylic acids is 4. The SMILES string of the molecule is CCC1OC(=O)C(C)C(O[C@H]2C[C@@](C)(OC)[C@@H](OC(=O)c3ccccc3)C(C)O2)C(C)[C@@H](OC2OC(C)CC(N(C)C)C2OC(=O)c2ccccc2)[C@@](C)(OC)C[C@@H](C)C(=O)[C@H](C)[C@@H](O)[C@@]1(O)CC. The lowest BCUT2D eigenvalue weighted by molar-refractivity contribution is -0.318. The fraction of sp³-hybridized carbons (Fsp3) is 0.698. The van der Waals surface area contributed by atoms with Gasteiger partial charge in [-0.15, -0.1) is 0 Å². The fourth-order valence-electron chi connectivity index (χ4n) is 10.7. The molecular weight excluding hydrogens is 891 g/mol.